The molecule has 1 amide bonds. The lowest BCUT2D eigenvalue weighted by Crippen LogP contribution is -2.45. The molecule has 1 aliphatic carbocycles. The molecule has 2 aromatic rings. The molecule has 0 saturated carbocycles. The minimum atomic E-state index is -0.727. The maximum Gasteiger partial charge on any atom is 0.254 e. The Balaban J connectivity index is 2.17. The van der Waals surface area contributed by atoms with Gasteiger partial charge in [0.15, 0.2) is 0 Å². The fourth-order valence-corrected chi connectivity index (χ4v) is 3.63. The van der Waals surface area contributed by atoms with E-state index < -0.39 is 5.41 Å². The standard InChI is InChI=1S/C17H18NO2P/c1-11-14(7-4-8-15(11)21)17(16(19)18-20)9-12-5-2-3-6-13(12)10-17/h2-8,20H,9-10,21H2,1H3,(H,18,19). The molecule has 4 heteroatoms. The zero-order valence-electron chi connectivity index (χ0n) is 11.9. The van der Waals surface area contributed by atoms with Crippen molar-refractivity contribution in [1.82, 2.24) is 5.48 Å². The van der Waals surface area contributed by atoms with Crippen LogP contribution in [0.5, 0.6) is 0 Å². The molecule has 2 N–H and O–H groups in total. The monoisotopic (exact) mass is 299 g/mol. The van der Waals surface area contributed by atoms with Crippen molar-refractivity contribution in [3.05, 3.63) is 64.7 Å². The van der Waals surface area contributed by atoms with Gasteiger partial charge in [0.05, 0.1) is 5.41 Å². The molecule has 3 rings (SSSR count). The zero-order valence-corrected chi connectivity index (χ0v) is 13.0. The van der Waals surface area contributed by atoms with E-state index in [4.69, 9.17) is 0 Å². The Morgan fingerprint density at radius 2 is 1.76 bits per heavy atom. The van der Waals surface area contributed by atoms with Gasteiger partial charge in [0.1, 0.15) is 0 Å². The van der Waals surface area contributed by atoms with Crippen molar-refractivity contribution in [1.29, 1.82) is 0 Å². The van der Waals surface area contributed by atoms with Crippen molar-refractivity contribution in [2.45, 2.75) is 25.2 Å². The first-order valence-electron chi connectivity index (χ1n) is 6.95. The van der Waals surface area contributed by atoms with Gasteiger partial charge in [0.2, 0.25) is 0 Å². The maximum atomic E-state index is 12.5. The molecule has 0 aromatic heterocycles. The van der Waals surface area contributed by atoms with Crippen molar-refractivity contribution in [2.75, 3.05) is 0 Å². The average molecular weight is 299 g/mol. The van der Waals surface area contributed by atoms with Crippen LogP contribution in [0.1, 0.15) is 22.3 Å². The minimum absolute atomic E-state index is 0.336. The number of carbonyl (C=O) groups excluding carboxylic acids is 1. The van der Waals surface area contributed by atoms with E-state index >= 15 is 0 Å². The third-order valence-corrected chi connectivity index (χ3v) is 5.16. The number of hydrogen-bond donors (Lipinski definition) is 2. The molecule has 1 aliphatic rings. The SMILES string of the molecule is Cc1c(P)cccc1C1(C(=O)NO)Cc2ccccc2C1. The highest BCUT2D eigenvalue weighted by molar-refractivity contribution is 7.27. The van der Waals surface area contributed by atoms with Crippen LogP contribution in [0.15, 0.2) is 42.5 Å². The lowest BCUT2D eigenvalue weighted by atomic mass is 9.75. The summed E-state index contributed by atoms with van der Waals surface area (Å²) in [5, 5.41) is 10.3. The Morgan fingerprint density at radius 3 is 2.33 bits per heavy atom. The second-order valence-electron chi connectivity index (χ2n) is 5.67. The molecule has 1 unspecified atom stereocenters. The van der Waals surface area contributed by atoms with E-state index in [-0.39, 0.29) is 5.91 Å². The Morgan fingerprint density at radius 1 is 1.14 bits per heavy atom. The number of amides is 1. The van der Waals surface area contributed by atoms with E-state index in [1.807, 2.05) is 42.7 Å². The van der Waals surface area contributed by atoms with Crippen LogP contribution in [-0.4, -0.2) is 11.1 Å². The van der Waals surface area contributed by atoms with Gasteiger partial charge in [0, 0.05) is 0 Å². The summed E-state index contributed by atoms with van der Waals surface area (Å²) >= 11 is 0. The molecule has 0 bridgehead atoms. The van der Waals surface area contributed by atoms with Crippen molar-refractivity contribution >= 4 is 20.5 Å². The third kappa shape index (κ3) is 2.17. The third-order valence-electron chi connectivity index (χ3n) is 4.53. The average Bonchev–Trinajstić information content (AvgIpc) is 2.89. The van der Waals surface area contributed by atoms with Crippen LogP contribution in [0.4, 0.5) is 0 Å². The molecule has 0 heterocycles. The van der Waals surface area contributed by atoms with Crippen LogP contribution < -0.4 is 10.8 Å². The van der Waals surface area contributed by atoms with E-state index in [1.54, 1.807) is 0 Å². The molecular weight excluding hydrogens is 281 g/mol. The Labute approximate surface area is 126 Å². The molecule has 1 atom stereocenters. The Bertz CT molecular complexity index is 687. The molecule has 0 saturated heterocycles. The van der Waals surface area contributed by atoms with Gasteiger partial charge in [0.25, 0.3) is 5.91 Å². The van der Waals surface area contributed by atoms with Gasteiger partial charge >= 0.3 is 0 Å². The number of fused-ring (bicyclic) bond motifs is 1. The van der Waals surface area contributed by atoms with Gasteiger partial charge in [-0.05, 0) is 47.3 Å². The Hall–Kier alpha value is -1.70. The maximum absolute atomic E-state index is 12.5. The lowest BCUT2D eigenvalue weighted by Gasteiger charge is -2.29. The van der Waals surface area contributed by atoms with E-state index in [9.17, 15) is 10.0 Å². The fourth-order valence-electron chi connectivity index (χ4n) is 3.37. The van der Waals surface area contributed by atoms with Crippen LogP contribution in [0, 0.1) is 6.92 Å². The van der Waals surface area contributed by atoms with E-state index in [2.05, 4.69) is 21.4 Å². The van der Waals surface area contributed by atoms with Crippen LogP contribution in [-0.2, 0) is 23.1 Å². The topological polar surface area (TPSA) is 49.3 Å². The highest BCUT2D eigenvalue weighted by atomic mass is 31.0. The van der Waals surface area contributed by atoms with Gasteiger partial charge in [-0.3, -0.25) is 10.0 Å². The molecule has 21 heavy (non-hydrogen) atoms. The van der Waals surface area contributed by atoms with Gasteiger partial charge in [-0.1, -0.05) is 42.5 Å². The quantitative estimate of drug-likeness (QED) is 0.506. The summed E-state index contributed by atoms with van der Waals surface area (Å²) in [4.78, 5) is 12.5. The summed E-state index contributed by atoms with van der Waals surface area (Å²) in [5.74, 6) is -0.336. The number of rotatable bonds is 2. The zero-order chi connectivity index (χ0) is 15.0. The first-order chi connectivity index (χ1) is 10.1. The molecule has 0 spiro atoms. The van der Waals surface area contributed by atoms with Crippen LogP contribution in [0.25, 0.3) is 0 Å². The second-order valence-corrected chi connectivity index (χ2v) is 6.29. The van der Waals surface area contributed by atoms with Gasteiger partial charge in [-0.15, -0.1) is 9.24 Å². The summed E-state index contributed by atoms with van der Waals surface area (Å²) in [7, 11) is 2.71. The highest BCUT2D eigenvalue weighted by Gasteiger charge is 2.46. The molecular formula is C17H18NO2P. The van der Waals surface area contributed by atoms with Gasteiger partial charge in [-0.2, -0.15) is 0 Å². The number of nitrogens with one attached hydrogen (secondary N) is 1. The highest BCUT2D eigenvalue weighted by Crippen LogP contribution is 2.41. The molecule has 3 nitrogen and oxygen atoms in total. The van der Waals surface area contributed by atoms with Crippen molar-refractivity contribution in [3.8, 4) is 0 Å². The molecule has 0 fully saturated rings. The molecule has 2 aromatic carbocycles. The lowest BCUT2D eigenvalue weighted by molar-refractivity contribution is -0.135. The predicted octanol–water partition coefficient (Wildman–Crippen LogP) is 2.04. The van der Waals surface area contributed by atoms with Crippen LogP contribution >= 0.6 is 9.24 Å². The van der Waals surface area contributed by atoms with Gasteiger partial charge in [-0.25, -0.2) is 5.48 Å². The normalized spacial score (nSPS) is 15.6. The molecule has 0 aliphatic heterocycles. The largest absolute Gasteiger partial charge is 0.289 e. The van der Waals surface area contributed by atoms with E-state index in [0.717, 1.165) is 16.4 Å². The predicted molar refractivity (Wildman–Crippen MR) is 86.0 cm³/mol. The number of carbonyl (C=O) groups is 1. The van der Waals surface area contributed by atoms with Crippen molar-refractivity contribution in [2.24, 2.45) is 0 Å². The van der Waals surface area contributed by atoms with Crippen molar-refractivity contribution < 1.29 is 10.0 Å². The van der Waals surface area contributed by atoms with Crippen molar-refractivity contribution in [3.63, 3.8) is 0 Å². The van der Waals surface area contributed by atoms with Crippen LogP contribution in [0.2, 0.25) is 0 Å². The number of hydrogen-bond acceptors (Lipinski definition) is 2. The van der Waals surface area contributed by atoms with E-state index in [0.29, 0.717) is 12.8 Å². The first kappa shape index (κ1) is 14.2. The second kappa shape index (κ2) is 5.25. The fraction of sp³-hybridized carbons (Fsp3) is 0.235. The first-order valence-corrected chi connectivity index (χ1v) is 7.53. The van der Waals surface area contributed by atoms with Gasteiger partial charge < -0.3 is 0 Å². The summed E-state index contributed by atoms with van der Waals surface area (Å²) in [5.41, 5.74) is 5.57. The Kier molecular flexibility index (Phi) is 3.56. The summed E-state index contributed by atoms with van der Waals surface area (Å²) in [6, 6.07) is 14.1. The smallest absolute Gasteiger partial charge is 0.254 e. The minimum Gasteiger partial charge on any atom is -0.289 e. The van der Waals surface area contributed by atoms with E-state index in [1.165, 1.54) is 11.1 Å². The summed E-state index contributed by atoms with van der Waals surface area (Å²) in [6.45, 7) is 2.02. The number of benzene rings is 2. The summed E-state index contributed by atoms with van der Waals surface area (Å²) < 4.78 is 0. The molecule has 0 radical (unpaired) electrons. The summed E-state index contributed by atoms with van der Waals surface area (Å²) in [6.07, 6.45) is 1.23. The van der Waals surface area contributed by atoms with Crippen LogP contribution in [0.3, 0.4) is 0 Å². The number of hydroxylamine groups is 1. The molecule has 108 valence electrons.